The summed E-state index contributed by atoms with van der Waals surface area (Å²) in [4.78, 5) is 0. The highest BCUT2D eigenvalue weighted by Gasteiger charge is 2.30. The van der Waals surface area contributed by atoms with Crippen molar-refractivity contribution in [2.24, 2.45) is 5.92 Å². The van der Waals surface area contributed by atoms with Crippen molar-refractivity contribution in [3.63, 3.8) is 0 Å². The van der Waals surface area contributed by atoms with E-state index in [2.05, 4.69) is 31.0 Å². The van der Waals surface area contributed by atoms with Gasteiger partial charge in [-0.05, 0) is 45.6 Å². The zero-order valence-corrected chi connectivity index (χ0v) is 13.0. The fourth-order valence-electron chi connectivity index (χ4n) is 3.08. The molecule has 19 heavy (non-hydrogen) atoms. The molecular formula is C17H31NO. The summed E-state index contributed by atoms with van der Waals surface area (Å²) in [6.45, 7) is 8.12. The van der Waals surface area contributed by atoms with Crippen molar-refractivity contribution in [1.82, 2.24) is 5.32 Å². The molecule has 2 atom stereocenters. The van der Waals surface area contributed by atoms with E-state index in [-0.39, 0.29) is 0 Å². The Bertz CT molecular complexity index is 273. The second-order valence-corrected chi connectivity index (χ2v) is 5.51. The normalized spacial score (nSPS) is 19.5. The van der Waals surface area contributed by atoms with Gasteiger partial charge in [0.1, 0.15) is 0 Å². The Hall–Kier alpha value is -0.520. The Morgan fingerprint density at radius 3 is 2.53 bits per heavy atom. The van der Waals surface area contributed by atoms with E-state index < -0.39 is 0 Å². The quantitative estimate of drug-likeness (QED) is 0.675. The molecule has 0 aromatic rings. The lowest BCUT2D eigenvalue weighted by molar-refractivity contribution is -0.0164. The molecule has 1 saturated carbocycles. The van der Waals surface area contributed by atoms with Crippen molar-refractivity contribution in [1.29, 1.82) is 0 Å². The summed E-state index contributed by atoms with van der Waals surface area (Å²) in [7, 11) is 0. The highest BCUT2D eigenvalue weighted by atomic mass is 16.5. The molecule has 110 valence electrons. The van der Waals surface area contributed by atoms with Gasteiger partial charge < -0.3 is 10.1 Å². The summed E-state index contributed by atoms with van der Waals surface area (Å²) in [5.74, 6) is 7.00. The zero-order chi connectivity index (χ0) is 13.9. The Labute approximate surface area is 119 Å². The van der Waals surface area contributed by atoms with Crippen LogP contribution in [-0.4, -0.2) is 25.3 Å². The van der Waals surface area contributed by atoms with Gasteiger partial charge in [0.2, 0.25) is 0 Å². The number of nitrogens with one attached hydrogen (secondary N) is 1. The molecule has 0 aromatic heterocycles. The molecule has 0 heterocycles. The summed E-state index contributed by atoms with van der Waals surface area (Å²) in [6, 6.07) is 0.399. The molecule has 2 unspecified atom stereocenters. The summed E-state index contributed by atoms with van der Waals surface area (Å²) < 4.78 is 6.11. The fraction of sp³-hybridized carbons (Fsp3) is 0.882. The molecule has 0 spiro atoms. The lowest BCUT2D eigenvalue weighted by atomic mass is 9.81. The van der Waals surface area contributed by atoms with E-state index in [0.29, 0.717) is 12.1 Å². The predicted molar refractivity (Wildman–Crippen MR) is 82.1 cm³/mol. The van der Waals surface area contributed by atoms with Crippen LogP contribution in [0.5, 0.6) is 0 Å². The minimum atomic E-state index is 0.345. The third-order valence-electron chi connectivity index (χ3n) is 4.03. The van der Waals surface area contributed by atoms with Gasteiger partial charge in [-0.2, -0.15) is 0 Å². The van der Waals surface area contributed by atoms with Crippen molar-refractivity contribution >= 4 is 0 Å². The van der Waals surface area contributed by atoms with E-state index in [9.17, 15) is 0 Å². The van der Waals surface area contributed by atoms with Gasteiger partial charge in [0.05, 0.1) is 6.10 Å². The van der Waals surface area contributed by atoms with Gasteiger partial charge >= 0.3 is 0 Å². The zero-order valence-electron chi connectivity index (χ0n) is 13.0. The smallest absolute Gasteiger partial charge is 0.0765 e. The number of ether oxygens (including phenoxy) is 1. The first-order valence-electron chi connectivity index (χ1n) is 8.08. The summed E-state index contributed by atoms with van der Waals surface area (Å²) in [5.41, 5.74) is 0. The summed E-state index contributed by atoms with van der Waals surface area (Å²) in [6.07, 6.45) is 9.22. The van der Waals surface area contributed by atoms with Crippen LogP contribution in [0.1, 0.15) is 65.7 Å². The van der Waals surface area contributed by atoms with Crippen molar-refractivity contribution in [3.05, 3.63) is 0 Å². The molecule has 0 radical (unpaired) electrons. The Morgan fingerprint density at radius 1 is 1.21 bits per heavy atom. The van der Waals surface area contributed by atoms with Gasteiger partial charge in [-0.25, -0.2) is 0 Å². The second kappa shape index (κ2) is 10.3. The number of rotatable bonds is 8. The van der Waals surface area contributed by atoms with Gasteiger partial charge in [0.15, 0.2) is 0 Å². The molecule has 2 heteroatoms. The van der Waals surface area contributed by atoms with Crippen LogP contribution in [0.15, 0.2) is 0 Å². The van der Waals surface area contributed by atoms with Crippen molar-refractivity contribution < 1.29 is 4.74 Å². The van der Waals surface area contributed by atoms with Crippen molar-refractivity contribution in [2.45, 2.75) is 77.9 Å². The molecule has 1 rings (SSSR count). The van der Waals surface area contributed by atoms with Crippen molar-refractivity contribution in [3.8, 4) is 11.8 Å². The standard InChI is InChI=1S/C17H31NO/c1-4-7-13-16(18-14-5-2)17(19-6-3)15-11-9-8-10-12-15/h15-18H,5-6,8-14H2,1-3H3. The van der Waals surface area contributed by atoms with E-state index in [0.717, 1.165) is 25.5 Å². The largest absolute Gasteiger partial charge is 0.377 e. The highest BCUT2D eigenvalue weighted by molar-refractivity contribution is 5.01. The lowest BCUT2D eigenvalue weighted by Gasteiger charge is -2.35. The highest BCUT2D eigenvalue weighted by Crippen LogP contribution is 2.30. The maximum atomic E-state index is 6.11. The van der Waals surface area contributed by atoms with E-state index >= 15 is 0 Å². The molecule has 0 aliphatic heterocycles. The molecule has 0 saturated heterocycles. The van der Waals surface area contributed by atoms with Crippen LogP contribution < -0.4 is 5.32 Å². The summed E-state index contributed by atoms with van der Waals surface area (Å²) in [5, 5.41) is 3.66. The molecule has 1 N–H and O–H groups in total. The van der Waals surface area contributed by atoms with Crippen LogP contribution in [-0.2, 0) is 4.74 Å². The van der Waals surface area contributed by atoms with E-state index in [1.54, 1.807) is 0 Å². The third-order valence-corrected chi connectivity index (χ3v) is 4.03. The predicted octanol–water partition coefficient (Wildman–Crippen LogP) is 3.75. The first-order valence-corrected chi connectivity index (χ1v) is 8.08. The molecule has 1 fully saturated rings. The molecule has 1 aliphatic carbocycles. The van der Waals surface area contributed by atoms with Gasteiger partial charge in [-0.15, -0.1) is 11.8 Å². The minimum Gasteiger partial charge on any atom is -0.377 e. The van der Waals surface area contributed by atoms with Crippen LogP contribution in [0.3, 0.4) is 0 Å². The van der Waals surface area contributed by atoms with Crippen LogP contribution in [0, 0.1) is 17.8 Å². The van der Waals surface area contributed by atoms with E-state index in [4.69, 9.17) is 4.74 Å². The monoisotopic (exact) mass is 265 g/mol. The Kier molecular flexibility index (Phi) is 8.95. The topological polar surface area (TPSA) is 21.3 Å². The molecule has 0 aromatic carbocycles. The maximum Gasteiger partial charge on any atom is 0.0765 e. The van der Waals surface area contributed by atoms with Gasteiger partial charge in [-0.1, -0.05) is 26.2 Å². The van der Waals surface area contributed by atoms with E-state index in [1.807, 2.05) is 6.92 Å². The van der Waals surface area contributed by atoms with Crippen LogP contribution in [0.2, 0.25) is 0 Å². The summed E-state index contributed by atoms with van der Waals surface area (Å²) >= 11 is 0. The molecule has 0 amide bonds. The van der Waals surface area contributed by atoms with Gasteiger partial charge in [-0.3, -0.25) is 0 Å². The molecule has 0 bridgehead atoms. The van der Waals surface area contributed by atoms with Crippen LogP contribution in [0.25, 0.3) is 0 Å². The number of hydrogen-bond donors (Lipinski definition) is 1. The fourth-order valence-corrected chi connectivity index (χ4v) is 3.08. The maximum absolute atomic E-state index is 6.11. The van der Waals surface area contributed by atoms with Gasteiger partial charge in [0, 0.05) is 19.1 Å². The van der Waals surface area contributed by atoms with Crippen LogP contribution >= 0.6 is 0 Å². The average Bonchev–Trinajstić information content (AvgIpc) is 2.46. The van der Waals surface area contributed by atoms with Crippen LogP contribution in [0.4, 0.5) is 0 Å². The molecule has 2 nitrogen and oxygen atoms in total. The Morgan fingerprint density at radius 2 is 1.95 bits per heavy atom. The first-order chi connectivity index (χ1) is 9.33. The average molecular weight is 265 g/mol. The Balaban J connectivity index is 2.66. The SMILES string of the molecule is CC#CCC(NCCC)C(OCC)C1CCCCC1. The lowest BCUT2D eigenvalue weighted by Crippen LogP contribution is -2.46. The third kappa shape index (κ3) is 5.97. The van der Waals surface area contributed by atoms with Crippen molar-refractivity contribution in [2.75, 3.05) is 13.2 Å². The number of hydrogen-bond acceptors (Lipinski definition) is 2. The molecule has 1 aliphatic rings. The van der Waals surface area contributed by atoms with E-state index in [1.165, 1.54) is 38.5 Å². The minimum absolute atomic E-state index is 0.345. The van der Waals surface area contributed by atoms with Gasteiger partial charge in [0.25, 0.3) is 0 Å². The first kappa shape index (κ1) is 16.5. The second-order valence-electron chi connectivity index (χ2n) is 5.51. The molecular weight excluding hydrogens is 234 g/mol.